The summed E-state index contributed by atoms with van der Waals surface area (Å²) >= 11 is 0. The summed E-state index contributed by atoms with van der Waals surface area (Å²) in [5.74, 6) is 2.00. The topological polar surface area (TPSA) is 77.2 Å². The van der Waals surface area contributed by atoms with Crippen LogP contribution >= 0.6 is 0 Å². The Morgan fingerprint density at radius 3 is 2.77 bits per heavy atom. The van der Waals surface area contributed by atoms with Crippen molar-refractivity contribution in [3.05, 3.63) is 47.0 Å². The minimum Gasteiger partial charge on any atom is -0.454 e. The van der Waals surface area contributed by atoms with Gasteiger partial charge in [-0.3, -0.25) is 9.69 Å². The van der Waals surface area contributed by atoms with Crippen molar-refractivity contribution in [1.82, 2.24) is 4.90 Å². The lowest BCUT2D eigenvalue weighted by Crippen LogP contribution is -2.31. The zero-order chi connectivity index (χ0) is 14.8. The van der Waals surface area contributed by atoms with Gasteiger partial charge in [-0.2, -0.15) is 0 Å². The Labute approximate surface area is 125 Å². The fourth-order valence-corrected chi connectivity index (χ4v) is 3.08. The quantitative estimate of drug-likeness (QED) is 0.754. The summed E-state index contributed by atoms with van der Waals surface area (Å²) in [4.78, 5) is 18.9. The van der Waals surface area contributed by atoms with Crippen molar-refractivity contribution in [3.63, 3.8) is 0 Å². The number of hydrogen-bond acceptors (Lipinski definition) is 5. The number of anilines is 1. The van der Waals surface area contributed by atoms with Crippen molar-refractivity contribution < 1.29 is 14.3 Å². The number of nitrogens with zero attached hydrogens (tertiary/aromatic N) is 2. The SMILES string of the molecule is Nc1ccc2c(c1)C(=O)N1Cc3cc4c(cc3N=C21)OCO4. The molecule has 2 aromatic rings. The zero-order valence-electron chi connectivity index (χ0n) is 11.5. The lowest BCUT2D eigenvalue weighted by molar-refractivity contribution is 0.0851. The summed E-state index contributed by atoms with van der Waals surface area (Å²) in [5, 5.41) is 0. The zero-order valence-corrected chi connectivity index (χ0v) is 11.5. The first-order chi connectivity index (χ1) is 10.7. The summed E-state index contributed by atoms with van der Waals surface area (Å²) in [6.45, 7) is 0.692. The van der Waals surface area contributed by atoms with Gasteiger partial charge in [0, 0.05) is 22.9 Å². The summed E-state index contributed by atoms with van der Waals surface area (Å²) in [6.07, 6.45) is 0. The molecule has 0 radical (unpaired) electrons. The molecule has 3 aliphatic heterocycles. The second-order valence-corrected chi connectivity index (χ2v) is 5.47. The van der Waals surface area contributed by atoms with Gasteiger partial charge in [-0.25, -0.2) is 4.99 Å². The molecule has 2 aromatic carbocycles. The van der Waals surface area contributed by atoms with E-state index in [1.54, 1.807) is 17.0 Å². The van der Waals surface area contributed by atoms with E-state index in [0.717, 1.165) is 16.8 Å². The van der Waals surface area contributed by atoms with Crippen LogP contribution in [0.5, 0.6) is 11.5 Å². The Morgan fingerprint density at radius 2 is 1.91 bits per heavy atom. The Hall–Kier alpha value is -3.02. The second kappa shape index (κ2) is 3.79. The van der Waals surface area contributed by atoms with Crippen molar-refractivity contribution >= 4 is 23.1 Å². The second-order valence-electron chi connectivity index (χ2n) is 5.47. The van der Waals surface area contributed by atoms with Crippen LogP contribution in [0.2, 0.25) is 0 Å². The lowest BCUT2D eigenvalue weighted by Gasteiger charge is -2.23. The van der Waals surface area contributed by atoms with Gasteiger partial charge in [0.05, 0.1) is 17.8 Å². The molecule has 0 saturated heterocycles. The number of ether oxygens (including phenoxy) is 2. The van der Waals surface area contributed by atoms with E-state index in [9.17, 15) is 4.79 Å². The molecule has 0 spiro atoms. The number of aliphatic imine (C=N–C) groups is 1. The summed E-state index contributed by atoms with van der Waals surface area (Å²) in [5.41, 5.74) is 9.55. The Morgan fingerprint density at radius 1 is 1.09 bits per heavy atom. The Bertz CT molecular complexity index is 888. The average Bonchev–Trinajstić information content (AvgIpc) is 3.07. The maximum atomic E-state index is 12.6. The van der Waals surface area contributed by atoms with Gasteiger partial charge in [0.25, 0.3) is 5.91 Å². The Balaban J connectivity index is 1.70. The van der Waals surface area contributed by atoms with Crippen molar-refractivity contribution in [2.75, 3.05) is 12.5 Å². The highest BCUT2D eigenvalue weighted by Crippen LogP contribution is 2.42. The lowest BCUT2D eigenvalue weighted by atomic mass is 10.1. The van der Waals surface area contributed by atoms with E-state index >= 15 is 0 Å². The van der Waals surface area contributed by atoms with Crippen LogP contribution in [-0.4, -0.2) is 23.4 Å². The number of benzene rings is 2. The van der Waals surface area contributed by atoms with Gasteiger partial charge in [-0.1, -0.05) is 0 Å². The number of carbonyl (C=O) groups excluding carboxylic acids is 1. The third-order valence-corrected chi connectivity index (χ3v) is 4.14. The molecule has 0 aromatic heterocycles. The first-order valence-electron chi connectivity index (χ1n) is 6.94. The van der Waals surface area contributed by atoms with E-state index < -0.39 is 0 Å². The Kier molecular flexibility index (Phi) is 2.00. The number of nitrogens with two attached hydrogens (primary N) is 1. The number of carbonyl (C=O) groups is 1. The fraction of sp³-hybridized carbons (Fsp3) is 0.125. The minimum atomic E-state index is -0.0654. The average molecular weight is 293 g/mol. The predicted molar refractivity (Wildman–Crippen MR) is 79.5 cm³/mol. The molecule has 22 heavy (non-hydrogen) atoms. The molecule has 108 valence electrons. The first kappa shape index (κ1) is 11.6. The van der Waals surface area contributed by atoms with Gasteiger partial charge in [0.2, 0.25) is 6.79 Å². The molecule has 0 fully saturated rings. The van der Waals surface area contributed by atoms with Gasteiger partial charge >= 0.3 is 0 Å². The number of amidine groups is 1. The first-order valence-corrected chi connectivity index (χ1v) is 6.94. The molecule has 0 saturated carbocycles. The van der Waals surface area contributed by atoms with Crippen LogP contribution in [0.4, 0.5) is 11.4 Å². The van der Waals surface area contributed by atoms with Gasteiger partial charge in [-0.15, -0.1) is 0 Å². The number of nitrogen functional groups attached to an aromatic ring is 1. The molecule has 0 unspecified atom stereocenters. The fourth-order valence-electron chi connectivity index (χ4n) is 3.08. The molecule has 2 N–H and O–H groups in total. The number of hydrogen-bond donors (Lipinski definition) is 1. The van der Waals surface area contributed by atoms with E-state index in [1.165, 1.54) is 0 Å². The molecular weight excluding hydrogens is 282 g/mol. The van der Waals surface area contributed by atoms with Crippen molar-refractivity contribution in [2.45, 2.75) is 6.54 Å². The molecule has 0 aliphatic carbocycles. The highest BCUT2D eigenvalue weighted by Gasteiger charge is 2.37. The van der Waals surface area contributed by atoms with Crippen LogP contribution in [0.15, 0.2) is 35.3 Å². The van der Waals surface area contributed by atoms with Crippen molar-refractivity contribution in [1.29, 1.82) is 0 Å². The third kappa shape index (κ3) is 1.38. The minimum absolute atomic E-state index is 0.0654. The summed E-state index contributed by atoms with van der Waals surface area (Å²) in [6, 6.07) is 9.09. The highest BCUT2D eigenvalue weighted by molar-refractivity contribution is 6.24. The number of amides is 1. The smallest absolute Gasteiger partial charge is 0.260 e. The van der Waals surface area contributed by atoms with E-state index in [-0.39, 0.29) is 12.7 Å². The van der Waals surface area contributed by atoms with Gasteiger partial charge in [-0.05, 0) is 24.3 Å². The summed E-state index contributed by atoms with van der Waals surface area (Å²) in [7, 11) is 0. The van der Waals surface area contributed by atoms with Gasteiger partial charge in [0.15, 0.2) is 11.5 Å². The van der Waals surface area contributed by atoms with E-state index in [2.05, 4.69) is 4.99 Å². The van der Waals surface area contributed by atoms with Crippen LogP contribution in [0.3, 0.4) is 0 Å². The maximum Gasteiger partial charge on any atom is 0.260 e. The van der Waals surface area contributed by atoms with Crippen molar-refractivity contribution in [3.8, 4) is 11.5 Å². The van der Waals surface area contributed by atoms with E-state index in [4.69, 9.17) is 15.2 Å². The highest BCUT2D eigenvalue weighted by atomic mass is 16.7. The third-order valence-electron chi connectivity index (χ3n) is 4.14. The van der Waals surface area contributed by atoms with Crippen LogP contribution in [0, 0.1) is 0 Å². The van der Waals surface area contributed by atoms with Gasteiger partial charge in [0.1, 0.15) is 5.84 Å². The maximum absolute atomic E-state index is 12.6. The van der Waals surface area contributed by atoms with Crippen LogP contribution in [-0.2, 0) is 6.54 Å². The van der Waals surface area contributed by atoms with E-state index in [0.29, 0.717) is 35.1 Å². The molecule has 0 bridgehead atoms. The molecular formula is C16H11N3O3. The summed E-state index contributed by atoms with van der Waals surface area (Å²) < 4.78 is 10.8. The van der Waals surface area contributed by atoms with E-state index in [1.807, 2.05) is 18.2 Å². The molecule has 6 nitrogen and oxygen atoms in total. The molecule has 3 aliphatic rings. The molecule has 0 atom stereocenters. The number of fused-ring (bicyclic) bond motifs is 5. The molecule has 1 amide bonds. The van der Waals surface area contributed by atoms with Crippen LogP contribution in [0.1, 0.15) is 21.5 Å². The van der Waals surface area contributed by atoms with Crippen LogP contribution < -0.4 is 15.2 Å². The molecule has 6 heteroatoms. The monoisotopic (exact) mass is 293 g/mol. The van der Waals surface area contributed by atoms with Crippen molar-refractivity contribution in [2.24, 2.45) is 4.99 Å². The predicted octanol–water partition coefficient (Wildman–Crippen LogP) is 2.05. The van der Waals surface area contributed by atoms with Gasteiger partial charge < -0.3 is 15.2 Å². The van der Waals surface area contributed by atoms with Crippen LogP contribution in [0.25, 0.3) is 0 Å². The molecule has 5 rings (SSSR count). The standard InChI is InChI=1S/C16H11N3O3/c17-9-1-2-10-11(4-9)16(20)19-6-8-3-13-14(22-7-21-13)5-12(8)18-15(10)19/h1-5H,6-7,17H2. The number of rotatable bonds is 0. The largest absolute Gasteiger partial charge is 0.454 e. The molecule has 3 heterocycles. The normalized spacial score (nSPS) is 17.0.